The molecule has 5 nitrogen and oxygen atoms in total. The van der Waals surface area contributed by atoms with Gasteiger partial charge in [-0.3, -0.25) is 0 Å². The number of nitrogens with two attached hydrogens (primary N) is 1. The highest BCUT2D eigenvalue weighted by molar-refractivity contribution is 9.10. The van der Waals surface area contributed by atoms with Crippen molar-refractivity contribution in [3.63, 3.8) is 0 Å². The zero-order chi connectivity index (χ0) is 14.7. The smallest absolute Gasteiger partial charge is 0.228 e. The molecule has 2 N–H and O–H groups in total. The Hall–Kier alpha value is -1.24. The van der Waals surface area contributed by atoms with Gasteiger partial charge in [-0.05, 0) is 37.1 Å². The first kappa shape index (κ1) is 15.2. The third-order valence-corrected chi connectivity index (χ3v) is 4.23. The normalized spacial score (nSPS) is 12.7. The lowest BCUT2D eigenvalue weighted by Crippen LogP contribution is -2.28. The topological polar surface area (TPSA) is 74.2 Å². The molecule has 1 heterocycles. The summed E-state index contributed by atoms with van der Waals surface area (Å²) in [5.74, 6) is 1.12. The number of aromatic nitrogens is 2. The van der Waals surface area contributed by atoms with E-state index in [0.29, 0.717) is 24.7 Å². The van der Waals surface area contributed by atoms with Crippen LogP contribution in [0, 0.1) is 13.8 Å². The van der Waals surface area contributed by atoms with E-state index in [1.807, 2.05) is 26.0 Å². The van der Waals surface area contributed by atoms with E-state index in [1.54, 1.807) is 7.11 Å². The van der Waals surface area contributed by atoms with Gasteiger partial charge in [0.05, 0.1) is 6.61 Å². The fourth-order valence-corrected chi connectivity index (χ4v) is 2.26. The molecule has 2 aromatic rings. The van der Waals surface area contributed by atoms with E-state index in [0.717, 1.165) is 21.2 Å². The van der Waals surface area contributed by atoms with Crippen molar-refractivity contribution in [3.8, 4) is 11.4 Å². The van der Waals surface area contributed by atoms with Crippen molar-refractivity contribution < 1.29 is 9.26 Å². The van der Waals surface area contributed by atoms with Gasteiger partial charge in [-0.25, -0.2) is 0 Å². The minimum atomic E-state index is -0.137. The second-order valence-electron chi connectivity index (χ2n) is 4.86. The van der Waals surface area contributed by atoms with E-state index in [4.69, 9.17) is 15.0 Å². The predicted octanol–water partition coefficient (Wildman–Crippen LogP) is 2.63. The van der Waals surface area contributed by atoms with Gasteiger partial charge in [-0.1, -0.05) is 21.1 Å². The Balaban J connectivity index is 2.20. The first-order valence-electron chi connectivity index (χ1n) is 6.35. The van der Waals surface area contributed by atoms with E-state index >= 15 is 0 Å². The van der Waals surface area contributed by atoms with Gasteiger partial charge in [0, 0.05) is 29.6 Å². The number of hydrogen-bond donors (Lipinski definition) is 1. The Morgan fingerprint density at radius 1 is 1.35 bits per heavy atom. The SMILES string of the molecule is COCC(N)Cc1nc(-c2cc(C)c(Br)c(C)c2)no1. The number of rotatable bonds is 5. The highest BCUT2D eigenvalue weighted by atomic mass is 79.9. The Bertz CT molecular complexity index is 575. The van der Waals surface area contributed by atoms with Gasteiger partial charge in [-0.15, -0.1) is 0 Å². The average molecular weight is 340 g/mol. The Morgan fingerprint density at radius 2 is 2.00 bits per heavy atom. The lowest BCUT2D eigenvalue weighted by Gasteiger charge is -2.06. The molecular weight excluding hydrogens is 322 g/mol. The molecule has 0 radical (unpaired) electrons. The predicted molar refractivity (Wildman–Crippen MR) is 80.5 cm³/mol. The van der Waals surface area contributed by atoms with Gasteiger partial charge in [0.15, 0.2) is 0 Å². The van der Waals surface area contributed by atoms with Crippen LogP contribution >= 0.6 is 15.9 Å². The summed E-state index contributed by atoms with van der Waals surface area (Å²) in [7, 11) is 1.62. The maximum Gasteiger partial charge on any atom is 0.228 e. The van der Waals surface area contributed by atoms with Crippen LogP contribution in [0.25, 0.3) is 11.4 Å². The summed E-state index contributed by atoms with van der Waals surface area (Å²) in [6, 6.07) is 3.92. The van der Waals surface area contributed by atoms with E-state index in [9.17, 15) is 0 Å². The van der Waals surface area contributed by atoms with E-state index in [2.05, 4.69) is 26.1 Å². The summed E-state index contributed by atoms with van der Waals surface area (Å²) in [6.45, 7) is 4.54. The molecule has 1 aromatic heterocycles. The van der Waals surface area contributed by atoms with Gasteiger partial charge in [0.1, 0.15) is 0 Å². The first-order valence-corrected chi connectivity index (χ1v) is 7.14. The quantitative estimate of drug-likeness (QED) is 0.906. The molecule has 0 spiro atoms. The summed E-state index contributed by atoms with van der Waals surface area (Å²) in [4.78, 5) is 4.39. The fourth-order valence-electron chi connectivity index (χ4n) is 2.03. The van der Waals surface area contributed by atoms with E-state index in [1.165, 1.54) is 0 Å². The molecule has 0 bridgehead atoms. The summed E-state index contributed by atoms with van der Waals surface area (Å²) in [6.07, 6.45) is 0.509. The highest BCUT2D eigenvalue weighted by Crippen LogP contribution is 2.27. The molecule has 0 aliphatic heterocycles. The Kier molecular flexibility index (Phi) is 4.91. The third-order valence-electron chi connectivity index (χ3n) is 2.98. The average Bonchev–Trinajstić information content (AvgIpc) is 2.84. The maximum absolute atomic E-state index is 5.87. The Morgan fingerprint density at radius 3 is 2.60 bits per heavy atom. The fraction of sp³-hybridized carbons (Fsp3) is 0.429. The molecule has 0 aliphatic carbocycles. The van der Waals surface area contributed by atoms with Crippen LogP contribution in [-0.2, 0) is 11.2 Å². The molecule has 1 atom stereocenters. The number of ether oxygens (including phenoxy) is 1. The van der Waals surface area contributed by atoms with Gasteiger partial charge < -0.3 is 15.0 Å². The van der Waals surface area contributed by atoms with Crippen LogP contribution < -0.4 is 5.73 Å². The summed E-state index contributed by atoms with van der Waals surface area (Å²) < 4.78 is 11.3. The van der Waals surface area contributed by atoms with Crippen molar-refractivity contribution in [1.29, 1.82) is 0 Å². The van der Waals surface area contributed by atoms with Crippen LogP contribution in [-0.4, -0.2) is 29.9 Å². The van der Waals surface area contributed by atoms with Crippen molar-refractivity contribution in [3.05, 3.63) is 33.6 Å². The van der Waals surface area contributed by atoms with Crippen molar-refractivity contribution >= 4 is 15.9 Å². The molecule has 0 saturated carbocycles. The van der Waals surface area contributed by atoms with Crippen LogP contribution in [0.3, 0.4) is 0 Å². The van der Waals surface area contributed by atoms with Crippen LogP contribution in [0.4, 0.5) is 0 Å². The van der Waals surface area contributed by atoms with Gasteiger partial charge in [-0.2, -0.15) is 4.98 Å². The minimum absolute atomic E-state index is 0.137. The Labute approximate surface area is 126 Å². The summed E-state index contributed by atoms with van der Waals surface area (Å²) >= 11 is 3.55. The largest absolute Gasteiger partial charge is 0.383 e. The maximum atomic E-state index is 5.87. The van der Waals surface area contributed by atoms with Gasteiger partial charge in [0.25, 0.3) is 0 Å². The first-order chi connectivity index (χ1) is 9.51. The molecule has 0 saturated heterocycles. The summed E-state index contributed by atoms with van der Waals surface area (Å²) in [5, 5.41) is 4.01. The molecule has 0 fully saturated rings. The summed E-state index contributed by atoms with van der Waals surface area (Å²) in [5.41, 5.74) is 9.10. The monoisotopic (exact) mass is 339 g/mol. The van der Waals surface area contributed by atoms with Crippen molar-refractivity contribution in [2.75, 3.05) is 13.7 Å². The molecule has 20 heavy (non-hydrogen) atoms. The molecule has 1 unspecified atom stereocenters. The van der Waals surface area contributed by atoms with Crippen LogP contribution in [0.1, 0.15) is 17.0 Å². The van der Waals surface area contributed by atoms with Crippen LogP contribution in [0.15, 0.2) is 21.1 Å². The number of methoxy groups -OCH3 is 1. The number of aryl methyl sites for hydroxylation is 2. The molecule has 108 valence electrons. The zero-order valence-electron chi connectivity index (χ0n) is 11.8. The highest BCUT2D eigenvalue weighted by Gasteiger charge is 2.13. The van der Waals surface area contributed by atoms with Crippen LogP contribution in [0.2, 0.25) is 0 Å². The van der Waals surface area contributed by atoms with Gasteiger partial charge >= 0.3 is 0 Å². The molecule has 1 aromatic carbocycles. The number of halogens is 1. The second kappa shape index (κ2) is 6.47. The molecule has 0 amide bonds. The van der Waals surface area contributed by atoms with Crippen molar-refractivity contribution in [1.82, 2.24) is 10.1 Å². The zero-order valence-corrected chi connectivity index (χ0v) is 13.4. The van der Waals surface area contributed by atoms with Crippen molar-refractivity contribution in [2.45, 2.75) is 26.3 Å². The molecular formula is C14H18BrN3O2. The molecule has 6 heteroatoms. The standard InChI is InChI=1S/C14H18BrN3O2/c1-8-4-10(5-9(2)13(8)15)14-17-12(20-18-14)6-11(16)7-19-3/h4-5,11H,6-7,16H2,1-3H3. The molecule has 2 rings (SSSR count). The number of nitrogens with zero attached hydrogens (tertiary/aromatic N) is 2. The number of hydrogen-bond acceptors (Lipinski definition) is 5. The molecule has 0 aliphatic rings. The van der Waals surface area contributed by atoms with Crippen molar-refractivity contribution in [2.24, 2.45) is 5.73 Å². The lowest BCUT2D eigenvalue weighted by molar-refractivity contribution is 0.176. The van der Waals surface area contributed by atoms with E-state index in [-0.39, 0.29) is 6.04 Å². The second-order valence-corrected chi connectivity index (χ2v) is 5.65. The minimum Gasteiger partial charge on any atom is -0.383 e. The van der Waals surface area contributed by atoms with Crippen LogP contribution in [0.5, 0.6) is 0 Å². The van der Waals surface area contributed by atoms with Gasteiger partial charge in [0.2, 0.25) is 11.7 Å². The number of benzene rings is 1. The van der Waals surface area contributed by atoms with E-state index < -0.39 is 0 Å². The third kappa shape index (κ3) is 3.45. The lowest BCUT2D eigenvalue weighted by atomic mass is 10.1.